The Balaban J connectivity index is 1.89. The SMILES string of the molecule is CC12OC(O)C3C4CC(O1)C(C4)C32. The predicted molar refractivity (Wildman–Crippen MR) is 43.6 cm³/mol. The van der Waals surface area contributed by atoms with Gasteiger partial charge in [-0.2, -0.15) is 0 Å². The summed E-state index contributed by atoms with van der Waals surface area (Å²) >= 11 is 0. The van der Waals surface area contributed by atoms with Crippen molar-refractivity contribution in [2.75, 3.05) is 0 Å². The van der Waals surface area contributed by atoms with Gasteiger partial charge in [-0.3, -0.25) is 0 Å². The monoisotopic (exact) mass is 182 g/mol. The minimum Gasteiger partial charge on any atom is -0.368 e. The van der Waals surface area contributed by atoms with Crippen molar-refractivity contribution in [3.63, 3.8) is 0 Å². The van der Waals surface area contributed by atoms with Crippen LogP contribution in [-0.4, -0.2) is 23.3 Å². The summed E-state index contributed by atoms with van der Waals surface area (Å²) in [5.41, 5.74) is 0. The van der Waals surface area contributed by atoms with Crippen LogP contribution in [0.2, 0.25) is 0 Å². The lowest BCUT2D eigenvalue weighted by atomic mass is 9.78. The van der Waals surface area contributed by atoms with Crippen molar-refractivity contribution in [1.82, 2.24) is 0 Å². The average molecular weight is 182 g/mol. The first-order valence-electron chi connectivity index (χ1n) is 5.23. The van der Waals surface area contributed by atoms with Gasteiger partial charge in [0.1, 0.15) is 0 Å². The molecule has 2 saturated heterocycles. The quantitative estimate of drug-likeness (QED) is 0.600. The van der Waals surface area contributed by atoms with Crippen LogP contribution in [0.3, 0.4) is 0 Å². The van der Waals surface area contributed by atoms with Gasteiger partial charge < -0.3 is 14.6 Å². The molecule has 2 saturated carbocycles. The Bertz CT molecular complexity index is 277. The van der Waals surface area contributed by atoms with Gasteiger partial charge in [-0.15, -0.1) is 0 Å². The van der Waals surface area contributed by atoms with E-state index in [0.29, 0.717) is 29.8 Å². The fourth-order valence-corrected chi connectivity index (χ4v) is 4.43. The first-order chi connectivity index (χ1) is 6.19. The number of fused-ring (bicyclic) bond motifs is 2. The van der Waals surface area contributed by atoms with E-state index in [1.54, 1.807) is 0 Å². The molecule has 7 atom stereocenters. The van der Waals surface area contributed by atoms with E-state index in [0.717, 1.165) is 6.42 Å². The molecule has 0 radical (unpaired) electrons. The summed E-state index contributed by atoms with van der Waals surface area (Å²) in [5.74, 6) is 1.74. The summed E-state index contributed by atoms with van der Waals surface area (Å²) in [4.78, 5) is 0. The lowest BCUT2D eigenvalue weighted by molar-refractivity contribution is -0.263. The van der Waals surface area contributed by atoms with E-state index < -0.39 is 12.1 Å². The highest BCUT2D eigenvalue weighted by atomic mass is 16.8. The molecule has 4 aliphatic rings. The third kappa shape index (κ3) is 0.602. The van der Waals surface area contributed by atoms with Crippen molar-refractivity contribution in [3.8, 4) is 0 Å². The largest absolute Gasteiger partial charge is 0.368 e. The van der Waals surface area contributed by atoms with Gasteiger partial charge in [0.15, 0.2) is 12.1 Å². The predicted octanol–water partition coefficient (Wildman–Crippen LogP) is 0.722. The van der Waals surface area contributed by atoms with E-state index in [9.17, 15) is 5.11 Å². The number of hydrogen-bond acceptors (Lipinski definition) is 3. The minimum absolute atomic E-state index is 0.369. The van der Waals surface area contributed by atoms with Crippen LogP contribution in [0.15, 0.2) is 0 Å². The molecule has 2 aliphatic carbocycles. The molecule has 4 rings (SSSR count). The maximum atomic E-state index is 9.78. The van der Waals surface area contributed by atoms with Crippen LogP contribution >= 0.6 is 0 Å². The fraction of sp³-hybridized carbons (Fsp3) is 1.00. The van der Waals surface area contributed by atoms with Crippen molar-refractivity contribution in [1.29, 1.82) is 0 Å². The Kier molecular flexibility index (Phi) is 1.00. The summed E-state index contributed by atoms with van der Waals surface area (Å²) in [6, 6.07) is 0. The third-order valence-electron chi connectivity index (χ3n) is 4.68. The molecular weight excluding hydrogens is 168 g/mol. The number of rotatable bonds is 0. The molecule has 0 aromatic rings. The summed E-state index contributed by atoms with van der Waals surface area (Å²) in [7, 11) is 0. The van der Waals surface area contributed by atoms with E-state index in [-0.39, 0.29) is 0 Å². The van der Waals surface area contributed by atoms with Gasteiger partial charge in [-0.25, -0.2) is 0 Å². The first kappa shape index (κ1) is 7.21. The molecule has 0 aromatic carbocycles. The van der Waals surface area contributed by atoms with Crippen LogP contribution < -0.4 is 0 Å². The van der Waals surface area contributed by atoms with Gasteiger partial charge in [-0.05, 0) is 31.6 Å². The summed E-state index contributed by atoms with van der Waals surface area (Å²) in [5, 5.41) is 9.78. The summed E-state index contributed by atoms with van der Waals surface area (Å²) in [6.07, 6.45) is 2.28. The zero-order chi connectivity index (χ0) is 8.79. The number of hydrogen-bond donors (Lipinski definition) is 1. The lowest BCUT2D eigenvalue weighted by Crippen LogP contribution is -2.30. The third-order valence-corrected chi connectivity index (χ3v) is 4.68. The molecule has 0 amide bonds. The van der Waals surface area contributed by atoms with Gasteiger partial charge in [0, 0.05) is 11.8 Å². The van der Waals surface area contributed by atoms with E-state index >= 15 is 0 Å². The molecule has 7 unspecified atom stereocenters. The second kappa shape index (κ2) is 1.81. The molecule has 3 nitrogen and oxygen atoms in total. The molecule has 4 fully saturated rings. The van der Waals surface area contributed by atoms with E-state index in [1.165, 1.54) is 6.42 Å². The van der Waals surface area contributed by atoms with Crippen molar-refractivity contribution < 1.29 is 14.6 Å². The molecule has 2 aliphatic heterocycles. The fourth-order valence-electron chi connectivity index (χ4n) is 4.43. The number of aliphatic hydroxyl groups is 1. The highest BCUT2D eigenvalue weighted by Crippen LogP contribution is 2.67. The number of ether oxygens (including phenoxy) is 2. The van der Waals surface area contributed by atoms with Crippen LogP contribution in [0.25, 0.3) is 0 Å². The summed E-state index contributed by atoms with van der Waals surface area (Å²) < 4.78 is 11.4. The van der Waals surface area contributed by atoms with Gasteiger partial charge in [0.2, 0.25) is 0 Å². The minimum atomic E-state index is -0.564. The van der Waals surface area contributed by atoms with Crippen LogP contribution in [0, 0.1) is 23.7 Å². The second-order valence-corrected chi connectivity index (χ2v) is 5.18. The van der Waals surface area contributed by atoms with Crippen molar-refractivity contribution in [2.45, 2.75) is 37.9 Å². The molecule has 1 N–H and O–H groups in total. The molecule has 0 spiro atoms. The highest BCUT2D eigenvalue weighted by Gasteiger charge is 2.72. The average Bonchev–Trinajstić information content (AvgIpc) is 2.63. The molecule has 13 heavy (non-hydrogen) atoms. The lowest BCUT2D eigenvalue weighted by Gasteiger charge is -2.25. The van der Waals surface area contributed by atoms with Crippen molar-refractivity contribution in [3.05, 3.63) is 0 Å². The Morgan fingerprint density at radius 1 is 1.31 bits per heavy atom. The van der Waals surface area contributed by atoms with Crippen LogP contribution in [0.4, 0.5) is 0 Å². The molecular formula is C10H14O3. The second-order valence-electron chi connectivity index (χ2n) is 5.18. The Morgan fingerprint density at radius 3 is 3.00 bits per heavy atom. The molecule has 3 heteroatoms. The smallest absolute Gasteiger partial charge is 0.172 e. The molecule has 0 aromatic heterocycles. The van der Waals surface area contributed by atoms with Crippen LogP contribution in [0.1, 0.15) is 19.8 Å². The molecule has 72 valence electrons. The molecule has 2 heterocycles. The maximum absolute atomic E-state index is 9.78. The zero-order valence-corrected chi connectivity index (χ0v) is 7.64. The summed E-state index contributed by atoms with van der Waals surface area (Å²) in [6.45, 7) is 2.00. The Morgan fingerprint density at radius 2 is 2.15 bits per heavy atom. The van der Waals surface area contributed by atoms with Gasteiger partial charge >= 0.3 is 0 Å². The Labute approximate surface area is 77.0 Å². The standard InChI is InChI=1S/C10H14O3/c1-10-8-5-2-4(3-6(5)12-10)7(8)9(11)13-10/h4-9,11H,2-3H2,1H3. The van der Waals surface area contributed by atoms with Crippen LogP contribution in [-0.2, 0) is 9.47 Å². The first-order valence-corrected chi connectivity index (χ1v) is 5.23. The number of aliphatic hydroxyl groups excluding tert-OH is 1. The zero-order valence-electron chi connectivity index (χ0n) is 7.64. The normalized spacial score (nSPS) is 72.5. The molecule has 2 bridgehead atoms. The van der Waals surface area contributed by atoms with E-state index in [2.05, 4.69) is 0 Å². The van der Waals surface area contributed by atoms with E-state index in [4.69, 9.17) is 9.47 Å². The van der Waals surface area contributed by atoms with Crippen molar-refractivity contribution in [2.24, 2.45) is 23.7 Å². The highest BCUT2D eigenvalue weighted by molar-refractivity contribution is 5.13. The van der Waals surface area contributed by atoms with Gasteiger partial charge in [0.05, 0.1) is 6.10 Å². The van der Waals surface area contributed by atoms with Gasteiger partial charge in [-0.1, -0.05) is 0 Å². The van der Waals surface area contributed by atoms with Crippen molar-refractivity contribution >= 4 is 0 Å². The maximum Gasteiger partial charge on any atom is 0.172 e. The Hall–Kier alpha value is -0.120. The van der Waals surface area contributed by atoms with Gasteiger partial charge in [0.25, 0.3) is 0 Å². The van der Waals surface area contributed by atoms with Crippen LogP contribution in [0.5, 0.6) is 0 Å². The topological polar surface area (TPSA) is 38.7 Å². The van der Waals surface area contributed by atoms with E-state index in [1.807, 2.05) is 6.92 Å².